The molecule has 1 aromatic heterocycles. The zero-order valence-corrected chi connectivity index (χ0v) is 9.60. The fourth-order valence-corrected chi connectivity index (χ4v) is 2.47. The molecule has 0 aliphatic rings. The molecule has 1 heterocycles. The fourth-order valence-electron chi connectivity index (χ4n) is 1.44. The first-order chi connectivity index (χ1) is 7.29. The van der Waals surface area contributed by atoms with Crippen LogP contribution in [0.5, 0.6) is 0 Å². The standard InChI is InChI=1S/C12H14N2S/c1-3-6-13-8-12-14-10-5-4-9(2)7-11(10)15-12/h3-5,7,13H,1,6,8H2,2H3. The van der Waals surface area contributed by atoms with Gasteiger partial charge in [0.05, 0.1) is 10.2 Å². The Balaban J connectivity index is 2.19. The van der Waals surface area contributed by atoms with Crippen LogP contribution in [0, 0.1) is 6.92 Å². The van der Waals surface area contributed by atoms with E-state index in [0.717, 1.165) is 23.6 Å². The van der Waals surface area contributed by atoms with Gasteiger partial charge in [0.25, 0.3) is 0 Å². The number of hydrogen-bond acceptors (Lipinski definition) is 3. The van der Waals surface area contributed by atoms with Crippen LogP contribution in [-0.2, 0) is 6.54 Å². The molecule has 2 nitrogen and oxygen atoms in total. The first kappa shape index (κ1) is 10.3. The average molecular weight is 218 g/mol. The summed E-state index contributed by atoms with van der Waals surface area (Å²) in [6.07, 6.45) is 1.86. The summed E-state index contributed by atoms with van der Waals surface area (Å²) >= 11 is 1.75. The van der Waals surface area contributed by atoms with Crippen molar-refractivity contribution in [3.63, 3.8) is 0 Å². The van der Waals surface area contributed by atoms with E-state index in [2.05, 4.69) is 42.0 Å². The van der Waals surface area contributed by atoms with Crippen LogP contribution >= 0.6 is 11.3 Å². The van der Waals surface area contributed by atoms with Gasteiger partial charge in [0, 0.05) is 13.1 Å². The van der Waals surface area contributed by atoms with E-state index in [-0.39, 0.29) is 0 Å². The lowest BCUT2D eigenvalue weighted by Crippen LogP contribution is -2.11. The number of aryl methyl sites for hydroxylation is 1. The van der Waals surface area contributed by atoms with Gasteiger partial charge in [0.1, 0.15) is 5.01 Å². The Morgan fingerprint density at radius 3 is 3.20 bits per heavy atom. The van der Waals surface area contributed by atoms with Gasteiger partial charge in [-0.1, -0.05) is 12.1 Å². The summed E-state index contributed by atoms with van der Waals surface area (Å²) in [6.45, 7) is 7.42. The monoisotopic (exact) mass is 218 g/mol. The van der Waals surface area contributed by atoms with Gasteiger partial charge in [-0.25, -0.2) is 4.98 Å². The molecule has 0 radical (unpaired) electrons. The third kappa shape index (κ3) is 2.43. The highest BCUT2D eigenvalue weighted by Gasteiger charge is 2.02. The van der Waals surface area contributed by atoms with Crippen LogP contribution in [-0.4, -0.2) is 11.5 Å². The zero-order valence-electron chi connectivity index (χ0n) is 8.79. The molecule has 0 amide bonds. The number of benzene rings is 1. The number of fused-ring (bicyclic) bond motifs is 1. The molecule has 0 bridgehead atoms. The average Bonchev–Trinajstić information content (AvgIpc) is 2.60. The van der Waals surface area contributed by atoms with Crippen molar-refractivity contribution in [1.82, 2.24) is 10.3 Å². The van der Waals surface area contributed by atoms with Crippen molar-refractivity contribution in [1.29, 1.82) is 0 Å². The van der Waals surface area contributed by atoms with Crippen molar-refractivity contribution >= 4 is 21.6 Å². The van der Waals surface area contributed by atoms with Crippen LogP contribution in [0.2, 0.25) is 0 Å². The SMILES string of the molecule is C=CCNCc1nc2ccc(C)cc2s1. The second-order valence-electron chi connectivity index (χ2n) is 3.50. The molecule has 0 fully saturated rings. The molecule has 0 saturated carbocycles. The van der Waals surface area contributed by atoms with E-state index in [0.29, 0.717) is 0 Å². The van der Waals surface area contributed by atoms with E-state index in [4.69, 9.17) is 0 Å². The summed E-state index contributed by atoms with van der Waals surface area (Å²) in [7, 11) is 0. The highest BCUT2D eigenvalue weighted by atomic mass is 32.1. The van der Waals surface area contributed by atoms with Gasteiger partial charge in [-0.05, 0) is 24.6 Å². The zero-order chi connectivity index (χ0) is 10.7. The van der Waals surface area contributed by atoms with Crippen molar-refractivity contribution in [3.05, 3.63) is 41.4 Å². The van der Waals surface area contributed by atoms with E-state index in [1.165, 1.54) is 10.3 Å². The normalized spacial score (nSPS) is 10.7. The Bertz CT molecular complexity index is 473. The molecule has 0 spiro atoms. The van der Waals surface area contributed by atoms with Crippen LogP contribution in [0.4, 0.5) is 0 Å². The minimum absolute atomic E-state index is 0.824. The van der Waals surface area contributed by atoms with Crippen LogP contribution in [0.25, 0.3) is 10.2 Å². The highest BCUT2D eigenvalue weighted by Crippen LogP contribution is 2.22. The number of nitrogens with one attached hydrogen (secondary N) is 1. The van der Waals surface area contributed by atoms with Crippen molar-refractivity contribution in [3.8, 4) is 0 Å². The minimum atomic E-state index is 0.824. The molecule has 15 heavy (non-hydrogen) atoms. The summed E-state index contributed by atoms with van der Waals surface area (Å²) < 4.78 is 1.27. The van der Waals surface area contributed by atoms with Crippen LogP contribution < -0.4 is 5.32 Å². The Morgan fingerprint density at radius 2 is 2.40 bits per heavy atom. The molecular formula is C12H14N2S. The summed E-state index contributed by atoms with van der Waals surface area (Å²) in [4.78, 5) is 4.55. The van der Waals surface area contributed by atoms with Crippen molar-refractivity contribution in [2.24, 2.45) is 0 Å². The van der Waals surface area contributed by atoms with Gasteiger partial charge < -0.3 is 5.32 Å². The largest absolute Gasteiger partial charge is 0.307 e. The third-order valence-corrected chi connectivity index (χ3v) is 3.17. The molecule has 0 unspecified atom stereocenters. The molecule has 3 heteroatoms. The van der Waals surface area contributed by atoms with Crippen molar-refractivity contribution in [2.45, 2.75) is 13.5 Å². The Labute approximate surface area is 93.7 Å². The summed E-state index contributed by atoms with van der Waals surface area (Å²) in [5, 5.41) is 4.39. The number of aromatic nitrogens is 1. The maximum Gasteiger partial charge on any atom is 0.108 e. The summed E-state index contributed by atoms with van der Waals surface area (Å²) in [5.74, 6) is 0. The minimum Gasteiger partial charge on any atom is -0.307 e. The van der Waals surface area contributed by atoms with E-state index in [9.17, 15) is 0 Å². The Kier molecular flexibility index (Phi) is 3.14. The molecule has 1 aromatic carbocycles. The Morgan fingerprint density at radius 1 is 1.53 bits per heavy atom. The topological polar surface area (TPSA) is 24.9 Å². The summed E-state index contributed by atoms with van der Waals surface area (Å²) in [6, 6.07) is 6.37. The van der Waals surface area contributed by atoms with Gasteiger partial charge in [0.2, 0.25) is 0 Å². The molecule has 0 atom stereocenters. The molecule has 1 N–H and O–H groups in total. The first-order valence-corrected chi connectivity index (χ1v) is 5.79. The summed E-state index contributed by atoms with van der Waals surface area (Å²) in [5.41, 5.74) is 2.39. The number of hydrogen-bond donors (Lipinski definition) is 1. The van der Waals surface area contributed by atoms with Crippen molar-refractivity contribution in [2.75, 3.05) is 6.54 Å². The molecule has 0 aliphatic carbocycles. The second-order valence-corrected chi connectivity index (χ2v) is 4.61. The lowest BCUT2D eigenvalue weighted by molar-refractivity contribution is 0.757. The quantitative estimate of drug-likeness (QED) is 0.630. The van der Waals surface area contributed by atoms with Crippen molar-refractivity contribution < 1.29 is 0 Å². The van der Waals surface area contributed by atoms with Gasteiger partial charge in [0.15, 0.2) is 0 Å². The van der Waals surface area contributed by atoms with E-state index < -0.39 is 0 Å². The second kappa shape index (κ2) is 4.55. The van der Waals surface area contributed by atoms with E-state index in [1.54, 1.807) is 11.3 Å². The number of rotatable bonds is 4. The molecule has 2 aromatic rings. The predicted octanol–water partition coefficient (Wildman–Crippen LogP) is 2.88. The predicted molar refractivity (Wildman–Crippen MR) is 66.3 cm³/mol. The van der Waals surface area contributed by atoms with Crippen LogP contribution in [0.3, 0.4) is 0 Å². The molecule has 0 saturated heterocycles. The smallest absolute Gasteiger partial charge is 0.108 e. The van der Waals surface area contributed by atoms with Crippen LogP contribution in [0.1, 0.15) is 10.6 Å². The molecular weight excluding hydrogens is 204 g/mol. The molecule has 2 rings (SSSR count). The van der Waals surface area contributed by atoms with E-state index >= 15 is 0 Å². The first-order valence-electron chi connectivity index (χ1n) is 4.97. The van der Waals surface area contributed by atoms with Gasteiger partial charge >= 0.3 is 0 Å². The maximum atomic E-state index is 4.55. The van der Waals surface area contributed by atoms with Gasteiger partial charge in [-0.15, -0.1) is 17.9 Å². The molecule has 78 valence electrons. The lowest BCUT2D eigenvalue weighted by atomic mass is 10.2. The molecule has 0 aliphatic heterocycles. The van der Waals surface area contributed by atoms with E-state index in [1.807, 2.05) is 6.08 Å². The number of thiazole rings is 1. The maximum absolute atomic E-state index is 4.55. The highest BCUT2D eigenvalue weighted by molar-refractivity contribution is 7.18. The fraction of sp³-hybridized carbons (Fsp3) is 0.250. The van der Waals surface area contributed by atoms with Crippen LogP contribution in [0.15, 0.2) is 30.9 Å². The number of nitrogens with zero attached hydrogens (tertiary/aromatic N) is 1. The van der Waals surface area contributed by atoms with Gasteiger partial charge in [-0.2, -0.15) is 0 Å². The Hall–Kier alpha value is -1.19. The van der Waals surface area contributed by atoms with Gasteiger partial charge in [-0.3, -0.25) is 0 Å². The third-order valence-electron chi connectivity index (χ3n) is 2.15. The lowest BCUT2D eigenvalue weighted by Gasteiger charge is -1.94.